The molecule has 2 aliphatic heterocycles. The largest absolute Gasteiger partial charge is 0.378 e. The molecule has 24 heavy (non-hydrogen) atoms. The van der Waals surface area contributed by atoms with Gasteiger partial charge >= 0.3 is 0 Å². The number of carbonyl (C=O) groups excluding carboxylic acids is 1. The summed E-state index contributed by atoms with van der Waals surface area (Å²) in [5, 5.41) is 0. The SMILES string of the molecule is Cc1ccc(S(=O)(=O)N2CCC(C(=O)N3CCOCC3)CC2)cc1. The van der Waals surface area contributed by atoms with E-state index < -0.39 is 10.0 Å². The first-order valence-corrected chi connectivity index (χ1v) is 9.86. The number of morpholine rings is 1. The molecule has 0 bridgehead atoms. The first-order valence-electron chi connectivity index (χ1n) is 8.42. The smallest absolute Gasteiger partial charge is 0.243 e. The predicted molar refractivity (Wildman–Crippen MR) is 90.1 cm³/mol. The zero-order valence-corrected chi connectivity index (χ0v) is 14.8. The molecule has 1 amide bonds. The Morgan fingerprint density at radius 1 is 1.04 bits per heavy atom. The molecule has 0 radical (unpaired) electrons. The number of carbonyl (C=O) groups is 1. The molecule has 2 aliphatic rings. The van der Waals surface area contributed by atoms with Crippen LogP contribution in [0.25, 0.3) is 0 Å². The fraction of sp³-hybridized carbons (Fsp3) is 0.588. The van der Waals surface area contributed by atoms with Crippen LogP contribution in [0.15, 0.2) is 29.2 Å². The Morgan fingerprint density at radius 3 is 2.21 bits per heavy atom. The van der Waals surface area contributed by atoms with Crippen LogP contribution in [0.5, 0.6) is 0 Å². The first kappa shape index (κ1) is 17.4. The molecule has 0 unspecified atom stereocenters. The molecule has 0 saturated carbocycles. The minimum Gasteiger partial charge on any atom is -0.378 e. The van der Waals surface area contributed by atoms with Gasteiger partial charge in [0.25, 0.3) is 0 Å². The van der Waals surface area contributed by atoms with Gasteiger partial charge in [0.05, 0.1) is 18.1 Å². The van der Waals surface area contributed by atoms with Crippen LogP contribution in [0.1, 0.15) is 18.4 Å². The summed E-state index contributed by atoms with van der Waals surface area (Å²) in [6, 6.07) is 6.91. The van der Waals surface area contributed by atoms with Crippen molar-refractivity contribution >= 4 is 15.9 Å². The summed E-state index contributed by atoms with van der Waals surface area (Å²) >= 11 is 0. The number of benzene rings is 1. The predicted octanol–water partition coefficient (Wildman–Crippen LogP) is 1.25. The molecule has 132 valence electrons. The van der Waals surface area contributed by atoms with Gasteiger partial charge in [-0.2, -0.15) is 4.31 Å². The standard InChI is InChI=1S/C17H24N2O4S/c1-14-2-4-16(5-3-14)24(21,22)19-8-6-15(7-9-19)17(20)18-10-12-23-13-11-18/h2-5,15H,6-13H2,1H3. The van der Waals surface area contributed by atoms with Crippen molar-refractivity contribution < 1.29 is 17.9 Å². The summed E-state index contributed by atoms with van der Waals surface area (Å²) < 4.78 is 32.2. The second kappa shape index (κ2) is 7.21. The van der Waals surface area contributed by atoms with Crippen LogP contribution in [0.3, 0.4) is 0 Å². The fourth-order valence-electron chi connectivity index (χ4n) is 3.24. The molecule has 0 spiro atoms. The summed E-state index contributed by atoms with van der Waals surface area (Å²) in [4.78, 5) is 14.7. The van der Waals surface area contributed by atoms with Gasteiger partial charge in [0.15, 0.2) is 0 Å². The third-order valence-corrected chi connectivity index (χ3v) is 6.70. The van der Waals surface area contributed by atoms with E-state index in [0.29, 0.717) is 57.1 Å². The van der Waals surface area contributed by atoms with Crippen LogP contribution in [0.2, 0.25) is 0 Å². The molecule has 2 fully saturated rings. The van der Waals surface area contributed by atoms with Crippen molar-refractivity contribution in [1.82, 2.24) is 9.21 Å². The number of amides is 1. The third-order valence-electron chi connectivity index (χ3n) is 4.78. The normalized spacial score (nSPS) is 21.0. The summed E-state index contributed by atoms with van der Waals surface area (Å²) in [7, 11) is -3.46. The fourth-order valence-corrected chi connectivity index (χ4v) is 4.71. The van der Waals surface area contributed by atoms with Gasteiger partial charge in [0.1, 0.15) is 0 Å². The number of rotatable bonds is 3. The Hall–Kier alpha value is -1.44. The molecule has 7 heteroatoms. The van der Waals surface area contributed by atoms with Gasteiger partial charge in [-0.1, -0.05) is 17.7 Å². The molecule has 3 rings (SSSR count). The van der Waals surface area contributed by atoms with Gasteiger partial charge in [0.2, 0.25) is 15.9 Å². The average molecular weight is 352 g/mol. The highest BCUT2D eigenvalue weighted by molar-refractivity contribution is 7.89. The Kier molecular flexibility index (Phi) is 5.22. The van der Waals surface area contributed by atoms with E-state index in [-0.39, 0.29) is 11.8 Å². The molecule has 1 aromatic rings. The highest BCUT2D eigenvalue weighted by Gasteiger charge is 2.34. The Bertz CT molecular complexity index is 673. The summed E-state index contributed by atoms with van der Waals surface area (Å²) in [5.41, 5.74) is 1.03. The van der Waals surface area contributed by atoms with E-state index in [4.69, 9.17) is 4.74 Å². The topological polar surface area (TPSA) is 66.9 Å². The third kappa shape index (κ3) is 3.63. The first-order chi connectivity index (χ1) is 11.5. The lowest BCUT2D eigenvalue weighted by Crippen LogP contribution is -2.47. The van der Waals surface area contributed by atoms with Gasteiger partial charge in [-0.05, 0) is 31.9 Å². The van der Waals surface area contributed by atoms with Crippen molar-refractivity contribution in [3.8, 4) is 0 Å². The molecule has 1 aromatic carbocycles. The monoisotopic (exact) mass is 352 g/mol. The van der Waals surface area contributed by atoms with Gasteiger partial charge in [0, 0.05) is 32.1 Å². The van der Waals surface area contributed by atoms with Gasteiger partial charge in [-0.25, -0.2) is 8.42 Å². The number of hydrogen-bond donors (Lipinski definition) is 0. The van der Waals surface area contributed by atoms with Crippen molar-refractivity contribution in [2.45, 2.75) is 24.7 Å². The molecule has 2 heterocycles. The van der Waals surface area contributed by atoms with Crippen LogP contribution in [0, 0.1) is 12.8 Å². The number of aryl methyl sites for hydroxylation is 1. The van der Waals surface area contributed by atoms with Crippen molar-refractivity contribution in [2.75, 3.05) is 39.4 Å². The zero-order valence-electron chi connectivity index (χ0n) is 14.0. The van der Waals surface area contributed by atoms with Crippen LogP contribution < -0.4 is 0 Å². The maximum Gasteiger partial charge on any atom is 0.243 e. The molecule has 2 saturated heterocycles. The molecular weight excluding hydrogens is 328 g/mol. The molecule has 0 atom stereocenters. The molecule has 0 aliphatic carbocycles. The minimum absolute atomic E-state index is 0.0763. The van der Waals surface area contributed by atoms with Gasteiger partial charge < -0.3 is 9.64 Å². The van der Waals surface area contributed by atoms with E-state index in [1.54, 1.807) is 12.1 Å². The lowest BCUT2D eigenvalue weighted by atomic mass is 9.96. The van der Waals surface area contributed by atoms with E-state index in [0.717, 1.165) is 5.56 Å². The van der Waals surface area contributed by atoms with E-state index in [9.17, 15) is 13.2 Å². The van der Waals surface area contributed by atoms with Crippen molar-refractivity contribution in [3.63, 3.8) is 0 Å². The molecular formula is C17H24N2O4S. The van der Waals surface area contributed by atoms with Crippen LogP contribution >= 0.6 is 0 Å². The molecule has 0 aromatic heterocycles. The second-order valence-corrected chi connectivity index (χ2v) is 8.37. The second-order valence-electron chi connectivity index (χ2n) is 6.43. The number of nitrogens with zero attached hydrogens (tertiary/aromatic N) is 2. The number of piperidine rings is 1. The van der Waals surface area contributed by atoms with Crippen LogP contribution in [-0.4, -0.2) is 62.9 Å². The van der Waals surface area contributed by atoms with E-state index in [1.165, 1.54) is 4.31 Å². The lowest BCUT2D eigenvalue weighted by Gasteiger charge is -2.35. The van der Waals surface area contributed by atoms with Crippen LogP contribution in [0.4, 0.5) is 0 Å². The number of sulfonamides is 1. The Labute approximate surface area is 143 Å². The van der Waals surface area contributed by atoms with Gasteiger partial charge in [-0.3, -0.25) is 4.79 Å². The summed E-state index contributed by atoms with van der Waals surface area (Å²) in [6.45, 7) is 5.19. The highest BCUT2D eigenvalue weighted by Crippen LogP contribution is 2.25. The van der Waals surface area contributed by atoms with Gasteiger partial charge in [-0.15, -0.1) is 0 Å². The lowest BCUT2D eigenvalue weighted by molar-refractivity contribution is -0.140. The summed E-state index contributed by atoms with van der Waals surface area (Å²) in [6.07, 6.45) is 1.17. The summed E-state index contributed by atoms with van der Waals surface area (Å²) in [5.74, 6) is 0.0678. The molecule has 0 N–H and O–H groups in total. The number of hydrogen-bond acceptors (Lipinski definition) is 4. The van der Waals surface area contributed by atoms with E-state index >= 15 is 0 Å². The zero-order chi connectivity index (χ0) is 17.2. The average Bonchev–Trinajstić information content (AvgIpc) is 2.62. The number of ether oxygens (including phenoxy) is 1. The van der Waals surface area contributed by atoms with Crippen molar-refractivity contribution in [1.29, 1.82) is 0 Å². The Balaban J connectivity index is 1.62. The maximum atomic E-state index is 12.7. The van der Waals surface area contributed by atoms with Crippen LogP contribution in [-0.2, 0) is 19.6 Å². The quantitative estimate of drug-likeness (QED) is 0.821. The minimum atomic E-state index is -3.46. The van der Waals surface area contributed by atoms with Crippen molar-refractivity contribution in [2.24, 2.45) is 5.92 Å². The van der Waals surface area contributed by atoms with E-state index in [1.807, 2.05) is 24.0 Å². The van der Waals surface area contributed by atoms with Crippen molar-refractivity contribution in [3.05, 3.63) is 29.8 Å². The maximum absolute atomic E-state index is 12.7. The highest BCUT2D eigenvalue weighted by atomic mass is 32.2. The van der Waals surface area contributed by atoms with E-state index in [2.05, 4.69) is 0 Å². The molecule has 6 nitrogen and oxygen atoms in total. The Morgan fingerprint density at radius 2 is 1.62 bits per heavy atom.